The van der Waals surface area contributed by atoms with Crippen molar-refractivity contribution in [1.82, 2.24) is 4.57 Å². The molecule has 1 aliphatic rings. The summed E-state index contributed by atoms with van der Waals surface area (Å²) in [4.78, 5) is 11.9. The SMILES string of the molecule is Cn1cccc1C=C1C(=O)OCc2ccccc21. The number of hydrogen-bond acceptors (Lipinski definition) is 2. The molecule has 0 radical (unpaired) electrons. The van der Waals surface area contributed by atoms with Crippen LogP contribution in [0.25, 0.3) is 11.6 Å². The summed E-state index contributed by atoms with van der Waals surface area (Å²) < 4.78 is 7.16. The maximum absolute atomic E-state index is 11.9. The first-order valence-corrected chi connectivity index (χ1v) is 5.84. The number of ether oxygens (including phenoxy) is 1. The van der Waals surface area contributed by atoms with Crippen molar-refractivity contribution in [2.45, 2.75) is 6.61 Å². The molecule has 0 fully saturated rings. The molecule has 0 aliphatic carbocycles. The van der Waals surface area contributed by atoms with Crippen molar-refractivity contribution in [3.8, 4) is 0 Å². The van der Waals surface area contributed by atoms with Gasteiger partial charge in [0.25, 0.3) is 0 Å². The third kappa shape index (κ3) is 1.74. The van der Waals surface area contributed by atoms with Crippen LogP contribution in [0.2, 0.25) is 0 Å². The average molecular weight is 239 g/mol. The summed E-state index contributed by atoms with van der Waals surface area (Å²) in [5, 5.41) is 0. The van der Waals surface area contributed by atoms with Crippen molar-refractivity contribution in [3.63, 3.8) is 0 Å². The van der Waals surface area contributed by atoms with E-state index in [4.69, 9.17) is 4.74 Å². The van der Waals surface area contributed by atoms with E-state index in [1.54, 1.807) is 0 Å². The van der Waals surface area contributed by atoms with Crippen molar-refractivity contribution in [2.24, 2.45) is 7.05 Å². The summed E-state index contributed by atoms with van der Waals surface area (Å²) in [6, 6.07) is 11.8. The third-order valence-electron chi connectivity index (χ3n) is 3.16. The van der Waals surface area contributed by atoms with Gasteiger partial charge in [-0.2, -0.15) is 0 Å². The molecule has 3 nitrogen and oxygen atoms in total. The van der Waals surface area contributed by atoms with E-state index in [9.17, 15) is 4.79 Å². The lowest BCUT2D eigenvalue weighted by molar-refractivity contribution is -0.138. The Morgan fingerprint density at radius 1 is 1.22 bits per heavy atom. The van der Waals surface area contributed by atoms with E-state index in [0.29, 0.717) is 12.2 Å². The zero-order valence-corrected chi connectivity index (χ0v) is 10.1. The first-order valence-electron chi connectivity index (χ1n) is 5.84. The monoisotopic (exact) mass is 239 g/mol. The molecular formula is C15H13NO2. The second-order valence-electron chi connectivity index (χ2n) is 4.34. The van der Waals surface area contributed by atoms with Gasteiger partial charge in [-0.1, -0.05) is 24.3 Å². The number of fused-ring (bicyclic) bond motifs is 1. The molecule has 0 amide bonds. The summed E-state index contributed by atoms with van der Waals surface area (Å²) in [5.74, 6) is -0.255. The molecule has 1 aromatic heterocycles. The van der Waals surface area contributed by atoms with Crippen LogP contribution in [0.15, 0.2) is 42.6 Å². The lowest BCUT2D eigenvalue weighted by Crippen LogP contribution is -2.15. The molecule has 18 heavy (non-hydrogen) atoms. The molecule has 3 rings (SSSR count). The Balaban J connectivity index is 2.14. The minimum Gasteiger partial charge on any atom is -0.457 e. The van der Waals surface area contributed by atoms with Gasteiger partial charge in [0, 0.05) is 18.9 Å². The summed E-state index contributed by atoms with van der Waals surface area (Å²) >= 11 is 0. The maximum atomic E-state index is 11.9. The molecule has 3 heteroatoms. The van der Waals surface area contributed by atoms with Crippen LogP contribution >= 0.6 is 0 Å². The maximum Gasteiger partial charge on any atom is 0.339 e. The summed E-state index contributed by atoms with van der Waals surface area (Å²) in [5.41, 5.74) is 3.63. The highest BCUT2D eigenvalue weighted by Crippen LogP contribution is 2.28. The number of cyclic esters (lactones) is 1. The van der Waals surface area contributed by atoms with Crippen LogP contribution in [-0.4, -0.2) is 10.5 Å². The normalized spacial score (nSPS) is 16.5. The fraction of sp³-hybridized carbons (Fsp3) is 0.133. The van der Waals surface area contributed by atoms with Gasteiger partial charge in [-0.15, -0.1) is 0 Å². The summed E-state index contributed by atoms with van der Waals surface area (Å²) in [6.07, 6.45) is 3.83. The molecule has 0 saturated carbocycles. The van der Waals surface area contributed by atoms with Crippen molar-refractivity contribution >= 4 is 17.6 Å². The second kappa shape index (κ2) is 4.18. The predicted octanol–water partition coefficient (Wildman–Crippen LogP) is 2.62. The standard InChI is InChI=1S/C15H13NO2/c1-16-8-4-6-12(16)9-14-13-7-3-2-5-11(13)10-18-15(14)17/h2-9H,10H2,1H3. The Morgan fingerprint density at radius 2 is 2.06 bits per heavy atom. The van der Waals surface area contributed by atoms with E-state index < -0.39 is 0 Å². The molecular weight excluding hydrogens is 226 g/mol. The Bertz CT molecular complexity index is 637. The smallest absolute Gasteiger partial charge is 0.339 e. The molecule has 2 heterocycles. The van der Waals surface area contributed by atoms with Crippen LogP contribution in [0.3, 0.4) is 0 Å². The number of benzene rings is 1. The minimum absolute atomic E-state index is 0.255. The van der Waals surface area contributed by atoms with Gasteiger partial charge < -0.3 is 9.30 Å². The molecule has 90 valence electrons. The number of hydrogen-bond donors (Lipinski definition) is 0. The van der Waals surface area contributed by atoms with E-state index in [-0.39, 0.29) is 5.97 Å². The average Bonchev–Trinajstić information content (AvgIpc) is 2.79. The van der Waals surface area contributed by atoms with Crippen LogP contribution < -0.4 is 0 Å². The van der Waals surface area contributed by atoms with E-state index in [1.807, 2.05) is 60.3 Å². The Morgan fingerprint density at radius 3 is 2.83 bits per heavy atom. The molecule has 0 atom stereocenters. The lowest BCUT2D eigenvalue weighted by atomic mass is 9.97. The Hall–Kier alpha value is -2.29. The molecule has 2 aromatic rings. The van der Waals surface area contributed by atoms with Crippen LogP contribution in [0.5, 0.6) is 0 Å². The molecule has 1 aliphatic heterocycles. The van der Waals surface area contributed by atoms with Gasteiger partial charge in [0.1, 0.15) is 6.61 Å². The highest BCUT2D eigenvalue weighted by Gasteiger charge is 2.22. The fourth-order valence-corrected chi connectivity index (χ4v) is 2.15. The van der Waals surface area contributed by atoms with E-state index in [2.05, 4.69) is 0 Å². The van der Waals surface area contributed by atoms with E-state index in [0.717, 1.165) is 16.8 Å². The molecule has 1 aromatic carbocycles. The van der Waals surface area contributed by atoms with Crippen molar-refractivity contribution in [2.75, 3.05) is 0 Å². The predicted molar refractivity (Wildman–Crippen MR) is 69.5 cm³/mol. The van der Waals surface area contributed by atoms with Gasteiger partial charge in [-0.3, -0.25) is 0 Å². The topological polar surface area (TPSA) is 31.2 Å². The molecule has 0 saturated heterocycles. The Kier molecular flexibility index (Phi) is 2.52. The number of nitrogens with zero attached hydrogens (tertiary/aromatic N) is 1. The van der Waals surface area contributed by atoms with E-state index >= 15 is 0 Å². The number of carbonyl (C=O) groups excluding carboxylic acids is 1. The Labute approximate surface area is 105 Å². The third-order valence-corrected chi connectivity index (χ3v) is 3.16. The number of aryl methyl sites for hydroxylation is 1. The summed E-state index contributed by atoms with van der Waals surface area (Å²) in [6.45, 7) is 0.361. The minimum atomic E-state index is -0.255. The highest BCUT2D eigenvalue weighted by atomic mass is 16.5. The molecule has 0 bridgehead atoms. The largest absolute Gasteiger partial charge is 0.457 e. The molecule has 0 N–H and O–H groups in total. The summed E-state index contributed by atoms with van der Waals surface area (Å²) in [7, 11) is 1.95. The zero-order valence-electron chi connectivity index (χ0n) is 10.1. The van der Waals surface area contributed by atoms with Crippen molar-refractivity contribution in [1.29, 1.82) is 0 Å². The first-order chi connectivity index (χ1) is 8.75. The number of carbonyl (C=O) groups is 1. The van der Waals surface area contributed by atoms with Gasteiger partial charge in [-0.25, -0.2) is 4.79 Å². The second-order valence-corrected chi connectivity index (χ2v) is 4.34. The van der Waals surface area contributed by atoms with Gasteiger partial charge in [0.2, 0.25) is 0 Å². The fourth-order valence-electron chi connectivity index (χ4n) is 2.15. The van der Waals surface area contributed by atoms with Gasteiger partial charge in [-0.05, 0) is 29.3 Å². The number of aromatic nitrogens is 1. The van der Waals surface area contributed by atoms with Gasteiger partial charge in [0.05, 0.1) is 5.57 Å². The van der Waals surface area contributed by atoms with Gasteiger partial charge >= 0.3 is 5.97 Å². The van der Waals surface area contributed by atoms with Crippen molar-refractivity contribution in [3.05, 3.63) is 59.4 Å². The van der Waals surface area contributed by atoms with Crippen LogP contribution in [0, 0.1) is 0 Å². The zero-order chi connectivity index (χ0) is 12.5. The number of rotatable bonds is 1. The quantitative estimate of drug-likeness (QED) is 0.566. The first kappa shape index (κ1) is 10.8. The van der Waals surface area contributed by atoms with Gasteiger partial charge in [0.15, 0.2) is 0 Å². The lowest BCUT2D eigenvalue weighted by Gasteiger charge is -2.18. The van der Waals surface area contributed by atoms with Crippen LogP contribution in [0.4, 0.5) is 0 Å². The van der Waals surface area contributed by atoms with E-state index in [1.165, 1.54) is 0 Å². The molecule has 0 spiro atoms. The van der Waals surface area contributed by atoms with Crippen LogP contribution in [-0.2, 0) is 23.2 Å². The number of esters is 1. The van der Waals surface area contributed by atoms with Crippen LogP contribution in [0.1, 0.15) is 16.8 Å². The highest BCUT2D eigenvalue weighted by molar-refractivity contribution is 6.22. The molecule has 0 unspecified atom stereocenters. The van der Waals surface area contributed by atoms with Crippen molar-refractivity contribution < 1.29 is 9.53 Å².